The molecule has 16 heavy (non-hydrogen) atoms. The fraction of sp³-hybridized carbons (Fsp3) is 0.364. The average molecular weight is 288 g/mol. The lowest BCUT2D eigenvalue weighted by molar-refractivity contribution is -0.150. The maximum atomic E-state index is 11.3. The fourth-order valence-corrected chi connectivity index (χ4v) is 1.50. The van der Waals surface area contributed by atoms with Crippen LogP contribution in [0.2, 0.25) is 0 Å². The van der Waals surface area contributed by atoms with Gasteiger partial charge >= 0.3 is 5.97 Å². The molecule has 0 aromatic heterocycles. The molecule has 0 bridgehead atoms. The number of halogens is 1. The third-order valence-electron chi connectivity index (χ3n) is 1.89. The second-order valence-electron chi connectivity index (χ2n) is 3.19. The minimum atomic E-state index is -0.663. The van der Waals surface area contributed by atoms with Crippen molar-refractivity contribution in [1.29, 1.82) is 0 Å². The number of ether oxygens (including phenoxy) is 2. The molecule has 0 spiro atoms. The molecule has 5 heteroatoms. The van der Waals surface area contributed by atoms with E-state index in [4.69, 9.17) is 15.2 Å². The first-order valence-corrected chi connectivity index (χ1v) is 5.72. The Kier molecular flexibility index (Phi) is 4.61. The molecule has 0 saturated heterocycles. The standard InChI is InChI=1S/C11H14BrNO3/c1-3-15-11(14)7(2)16-10-5-4-8(12)6-9(10)13/h4-7H,3,13H2,1-2H3. The van der Waals surface area contributed by atoms with Crippen LogP contribution in [0, 0.1) is 0 Å². The number of carbonyl (C=O) groups excluding carboxylic acids is 1. The van der Waals surface area contributed by atoms with Crippen molar-refractivity contribution < 1.29 is 14.3 Å². The van der Waals surface area contributed by atoms with Crippen molar-refractivity contribution >= 4 is 27.6 Å². The SMILES string of the molecule is CCOC(=O)C(C)Oc1ccc(Br)cc1N. The number of esters is 1. The maximum Gasteiger partial charge on any atom is 0.347 e. The summed E-state index contributed by atoms with van der Waals surface area (Å²) in [5.41, 5.74) is 6.21. The van der Waals surface area contributed by atoms with Crippen molar-refractivity contribution in [2.45, 2.75) is 20.0 Å². The van der Waals surface area contributed by atoms with E-state index in [2.05, 4.69) is 15.9 Å². The molecule has 88 valence electrons. The Morgan fingerprint density at radius 2 is 2.25 bits per heavy atom. The number of rotatable bonds is 4. The zero-order chi connectivity index (χ0) is 12.1. The van der Waals surface area contributed by atoms with Crippen molar-refractivity contribution in [3.63, 3.8) is 0 Å². The van der Waals surface area contributed by atoms with Gasteiger partial charge in [0.05, 0.1) is 12.3 Å². The Morgan fingerprint density at radius 3 is 2.81 bits per heavy atom. The molecule has 1 aromatic rings. The van der Waals surface area contributed by atoms with Crippen LogP contribution in [0.15, 0.2) is 22.7 Å². The predicted octanol–water partition coefficient (Wildman–Crippen LogP) is 2.36. The first-order chi connectivity index (χ1) is 7.54. The van der Waals surface area contributed by atoms with Gasteiger partial charge in [0.1, 0.15) is 5.75 Å². The minimum absolute atomic E-state index is 0.336. The van der Waals surface area contributed by atoms with E-state index in [1.165, 1.54) is 0 Å². The van der Waals surface area contributed by atoms with E-state index in [1.54, 1.807) is 32.0 Å². The molecule has 0 heterocycles. The smallest absolute Gasteiger partial charge is 0.347 e. The van der Waals surface area contributed by atoms with Crippen molar-refractivity contribution in [2.24, 2.45) is 0 Å². The summed E-state index contributed by atoms with van der Waals surface area (Å²) >= 11 is 3.29. The number of nitrogen functional groups attached to an aromatic ring is 1. The Balaban J connectivity index is 2.69. The first kappa shape index (κ1) is 12.8. The van der Waals surface area contributed by atoms with Crippen LogP contribution in [0.25, 0.3) is 0 Å². The van der Waals surface area contributed by atoms with Gasteiger partial charge in [0.15, 0.2) is 6.10 Å². The van der Waals surface area contributed by atoms with Gasteiger partial charge in [-0.2, -0.15) is 0 Å². The molecule has 4 nitrogen and oxygen atoms in total. The van der Waals surface area contributed by atoms with Gasteiger partial charge in [-0.05, 0) is 32.0 Å². The third-order valence-corrected chi connectivity index (χ3v) is 2.39. The highest BCUT2D eigenvalue weighted by Gasteiger charge is 2.16. The third kappa shape index (κ3) is 3.41. The summed E-state index contributed by atoms with van der Waals surface area (Å²) in [6, 6.07) is 5.21. The van der Waals surface area contributed by atoms with E-state index in [9.17, 15) is 4.79 Å². The van der Waals surface area contributed by atoms with Gasteiger partial charge in [0, 0.05) is 4.47 Å². The van der Waals surface area contributed by atoms with Crippen molar-refractivity contribution in [3.8, 4) is 5.75 Å². The van der Waals surface area contributed by atoms with Crippen molar-refractivity contribution in [1.82, 2.24) is 0 Å². The molecule has 1 atom stereocenters. The number of hydrogen-bond acceptors (Lipinski definition) is 4. The van der Waals surface area contributed by atoms with E-state index in [0.29, 0.717) is 18.0 Å². The van der Waals surface area contributed by atoms with E-state index in [0.717, 1.165) is 4.47 Å². The largest absolute Gasteiger partial charge is 0.477 e. The summed E-state index contributed by atoms with van der Waals surface area (Å²) in [7, 11) is 0. The molecule has 2 N–H and O–H groups in total. The zero-order valence-electron chi connectivity index (χ0n) is 9.20. The van der Waals surface area contributed by atoms with E-state index in [-0.39, 0.29) is 0 Å². The number of anilines is 1. The predicted molar refractivity (Wildman–Crippen MR) is 65.3 cm³/mol. The minimum Gasteiger partial charge on any atom is -0.477 e. The molecule has 0 amide bonds. The van der Waals surface area contributed by atoms with E-state index in [1.807, 2.05) is 0 Å². The maximum absolute atomic E-state index is 11.3. The second-order valence-corrected chi connectivity index (χ2v) is 4.11. The Morgan fingerprint density at radius 1 is 1.56 bits per heavy atom. The topological polar surface area (TPSA) is 61.5 Å². The Hall–Kier alpha value is -1.23. The van der Waals surface area contributed by atoms with E-state index >= 15 is 0 Å². The molecule has 1 rings (SSSR count). The summed E-state index contributed by atoms with van der Waals surface area (Å²) in [4.78, 5) is 11.3. The van der Waals surface area contributed by atoms with Crippen LogP contribution in [-0.2, 0) is 9.53 Å². The van der Waals surface area contributed by atoms with Gasteiger partial charge in [-0.1, -0.05) is 15.9 Å². The van der Waals surface area contributed by atoms with Gasteiger partial charge in [-0.25, -0.2) is 4.79 Å². The summed E-state index contributed by atoms with van der Waals surface area (Å²) in [6.07, 6.45) is -0.663. The molecule has 0 radical (unpaired) electrons. The van der Waals surface area contributed by atoms with Gasteiger partial charge in [0.2, 0.25) is 0 Å². The van der Waals surface area contributed by atoms with Crippen molar-refractivity contribution in [2.75, 3.05) is 12.3 Å². The summed E-state index contributed by atoms with van der Waals surface area (Å²) in [5.74, 6) is 0.0774. The lowest BCUT2D eigenvalue weighted by atomic mass is 10.3. The average Bonchev–Trinajstić information content (AvgIpc) is 2.22. The van der Waals surface area contributed by atoms with Crippen LogP contribution in [-0.4, -0.2) is 18.7 Å². The monoisotopic (exact) mass is 287 g/mol. The van der Waals surface area contributed by atoms with Gasteiger partial charge in [-0.15, -0.1) is 0 Å². The lowest BCUT2D eigenvalue weighted by Gasteiger charge is -2.14. The molecule has 0 saturated carbocycles. The summed E-state index contributed by atoms with van der Waals surface area (Å²) in [6.45, 7) is 3.71. The van der Waals surface area contributed by atoms with Crippen LogP contribution in [0.5, 0.6) is 5.75 Å². The second kappa shape index (κ2) is 5.75. The normalized spacial score (nSPS) is 11.9. The van der Waals surface area contributed by atoms with Crippen LogP contribution in [0.3, 0.4) is 0 Å². The zero-order valence-corrected chi connectivity index (χ0v) is 10.8. The summed E-state index contributed by atoms with van der Waals surface area (Å²) < 4.78 is 11.1. The van der Waals surface area contributed by atoms with Gasteiger partial charge in [0.25, 0.3) is 0 Å². The molecule has 0 aliphatic heterocycles. The van der Waals surface area contributed by atoms with Crippen LogP contribution in [0.1, 0.15) is 13.8 Å². The van der Waals surface area contributed by atoms with Crippen molar-refractivity contribution in [3.05, 3.63) is 22.7 Å². The molecule has 1 aromatic carbocycles. The first-order valence-electron chi connectivity index (χ1n) is 4.93. The van der Waals surface area contributed by atoms with E-state index < -0.39 is 12.1 Å². The van der Waals surface area contributed by atoms with Crippen LogP contribution in [0.4, 0.5) is 5.69 Å². The molecular weight excluding hydrogens is 274 g/mol. The highest BCUT2D eigenvalue weighted by molar-refractivity contribution is 9.10. The molecule has 0 fully saturated rings. The number of carbonyl (C=O) groups is 1. The lowest BCUT2D eigenvalue weighted by Crippen LogP contribution is -2.26. The number of hydrogen-bond donors (Lipinski definition) is 1. The fourth-order valence-electron chi connectivity index (χ4n) is 1.12. The van der Waals surface area contributed by atoms with Gasteiger partial charge < -0.3 is 15.2 Å². The number of benzene rings is 1. The van der Waals surface area contributed by atoms with Crippen LogP contribution >= 0.6 is 15.9 Å². The molecular formula is C11H14BrNO3. The molecule has 1 unspecified atom stereocenters. The quantitative estimate of drug-likeness (QED) is 0.682. The molecule has 0 aliphatic rings. The highest BCUT2D eigenvalue weighted by atomic mass is 79.9. The van der Waals surface area contributed by atoms with Crippen LogP contribution < -0.4 is 10.5 Å². The van der Waals surface area contributed by atoms with Gasteiger partial charge in [-0.3, -0.25) is 0 Å². The number of nitrogens with two attached hydrogens (primary N) is 1. The Bertz CT molecular complexity index is 381. The Labute approximate surface area is 103 Å². The highest BCUT2D eigenvalue weighted by Crippen LogP contribution is 2.26. The molecule has 0 aliphatic carbocycles. The summed E-state index contributed by atoms with van der Waals surface area (Å²) in [5, 5.41) is 0.